The number of aromatic nitrogens is 3. The number of carbonyl (C=O) groups is 1. The number of alkyl halides is 1. The van der Waals surface area contributed by atoms with Gasteiger partial charge in [-0.05, 0) is 31.1 Å². The van der Waals surface area contributed by atoms with E-state index in [2.05, 4.69) is 36.4 Å². The van der Waals surface area contributed by atoms with Crippen LogP contribution in [0.2, 0.25) is 0 Å². The average Bonchev–Trinajstić information content (AvgIpc) is 3.33. The van der Waals surface area contributed by atoms with Crippen molar-refractivity contribution in [2.75, 3.05) is 13.1 Å². The zero-order chi connectivity index (χ0) is 20.5. The molecule has 0 spiro atoms. The Kier molecular flexibility index (Phi) is 5.73. The van der Waals surface area contributed by atoms with Crippen LogP contribution in [0, 0.1) is 22.7 Å². The number of nitriles is 1. The lowest BCUT2D eigenvalue weighted by Crippen LogP contribution is -2.55. The fourth-order valence-electron chi connectivity index (χ4n) is 4.51. The molecule has 2 heterocycles. The second kappa shape index (κ2) is 7.76. The van der Waals surface area contributed by atoms with Gasteiger partial charge in [0.2, 0.25) is 5.91 Å². The number of halogens is 1. The molecular formula is C19H29FN6O2. The summed E-state index contributed by atoms with van der Waals surface area (Å²) in [5.41, 5.74) is 0.150. The third-order valence-corrected chi connectivity index (χ3v) is 6.94. The molecule has 4 atom stereocenters. The molecule has 2 fully saturated rings. The number of nitrogens with zero attached hydrogens (tertiary/aromatic N) is 5. The molecule has 1 aromatic heterocycles. The first kappa shape index (κ1) is 20.7. The second-order valence-corrected chi connectivity index (χ2v) is 8.76. The Bertz CT molecular complexity index is 760. The van der Waals surface area contributed by atoms with E-state index in [1.165, 1.54) is 4.90 Å². The Morgan fingerprint density at radius 3 is 2.89 bits per heavy atom. The number of hydrogen-bond acceptors (Lipinski definition) is 6. The highest BCUT2D eigenvalue weighted by atomic mass is 19.1. The number of hydrogen-bond donors (Lipinski definition) is 2. The van der Waals surface area contributed by atoms with Crippen molar-refractivity contribution in [3.63, 3.8) is 0 Å². The van der Waals surface area contributed by atoms with Crippen LogP contribution >= 0.6 is 0 Å². The third kappa shape index (κ3) is 3.76. The van der Waals surface area contributed by atoms with Crippen LogP contribution in [-0.2, 0) is 17.9 Å². The minimum atomic E-state index is -1.12. The van der Waals surface area contributed by atoms with Crippen molar-refractivity contribution in [3.8, 4) is 6.07 Å². The largest absolute Gasteiger partial charge is 0.390 e. The molecule has 2 aliphatic rings. The molecule has 0 aromatic carbocycles. The fraction of sp³-hybridized carbons (Fsp3) is 0.789. The first-order chi connectivity index (χ1) is 13.2. The summed E-state index contributed by atoms with van der Waals surface area (Å²) in [6.45, 7) is 7.13. The molecule has 28 heavy (non-hydrogen) atoms. The molecule has 1 aromatic rings. The second-order valence-electron chi connectivity index (χ2n) is 8.76. The normalized spacial score (nSPS) is 31.9. The van der Waals surface area contributed by atoms with E-state index in [4.69, 9.17) is 10.4 Å². The van der Waals surface area contributed by atoms with Crippen LogP contribution in [0.4, 0.5) is 4.39 Å². The molecule has 1 amide bonds. The van der Waals surface area contributed by atoms with E-state index in [1.807, 2.05) is 6.07 Å². The molecule has 0 radical (unpaired) electrons. The minimum absolute atomic E-state index is 0.000954. The number of amides is 1. The van der Waals surface area contributed by atoms with E-state index in [0.29, 0.717) is 18.2 Å². The number of carbonyl (C=O) groups excluding carboxylic acids is 1. The number of likely N-dealkylation sites (tertiary alicyclic amines) is 1. The van der Waals surface area contributed by atoms with Crippen molar-refractivity contribution in [2.24, 2.45) is 11.3 Å². The summed E-state index contributed by atoms with van der Waals surface area (Å²) in [4.78, 5) is 13.9. The van der Waals surface area contributed by atoms with Gasteiger partial charge in [0.15, 0.2) is 0 Å². The summed E-state index contributed by atoms with van der Waals surface area (Å²) in [6.07, 6.45) is 2.60. The Morgan fingerprint density at radius 1 is 1.50 bits per heavy atom. The van der Waals surface area contributed by atoms with Gasteiger partial charge in [-0.25, -0.2) is 4.39 Å². The summed E-state index contributed by atoms with van der Waals surface area (Å²) in [7, 11) is 0. The van der Waals surface area contributed by atoms with Crippen LogP contribution in [-0.4, -0.2) is 61.7 Å². The third-order valence-electron chi connectivity index (χ3n) is 6.94. The minimum Gasteiger partial charge on any atom is -0.390 e. The van der Waals surface area contributed by atoms with Crippen LogP contribution in [0.5, 0.6) is 0 Å². The molecule has 3 rings (SSSR count). The predicted molar refractivity (Wildman–Crippen MR) is 99.5 cm³/mol. The lowest BCUT2D eigenvalue weighted by Gasteiger charge is -2.42. The molecule has 1 saturated heterocycles. The topological polar surface area (TPSA) is 107 Å². The lowest BCUT2D eigenvalue weighted by molar-refractivity contribution is -0.131. The molecular weight excluding hydrogens is 363 g/mol. The molecule has 0 unspecified atom stereocenters. The SMILES string of the molecule is CC1(C)[C@@H](Cn2cc(CO)nn2)CC[C@@]1(C)NCC(=O)N1C[C@@H](F)C[C@H]1C#N. The van der Waals surface area contributed by atoms with Gasteiger partial charge in [-0.2, -0.15) is 5.26 Å². The van der Waals surface area contributed by atoms with Crippen LogP contribution in [0.3, 0.4) is 0 Å². The van der Waals surface area contributed by atoms with Crippen LogP contribution < -0.4 is 5.32 Å². The Balaban J connectivity index is 1.62. The van der Waals surface area contributed by atoms with Crippen molar-refractivity contribution >= 4 is 5.91 Å². The van der Waals surface area contributed by atoms with Gasteiger partial charge in [-0.15, -0.1) is 5.10 Å². The van der Waals surface area contributed by atoms with Crippen molar-refractivity contribution in [1.29, 1.82) is 5.26 Å². The molecule has 1 aliphatic carbocycles. The van der Waals surface area contributed by atoms with E-state index in [0.717, 1.165) is 12.8 Å². The quantitative estimate of drug-likeness (QED) is 0.748. The van der Waals surface area contributed by atoms with Gasteiger partial charge in [0.05, 0.1) is 32.0 Å². The van der Waals surface area contributed by atoms with Crippen LogP contribution in [0.1, 0.15) is 45.7 Å². The summed E-state index contributed by atoms with van der Waals surface area (Å²) in [5.74, 6) is 0.0956. The van der Waals surface area contributed by atoms with Crippen molar-refractivity contribution in [3.05, 3.63) is 11.9 Å². The predicted octanol–water partition coefficient (Wildman–Crippen LogP) is 1.02. The monoisotopic (exact) mass is 392 g/mol. The molecule has 1 saturated carbocycles. The van der Waals surface area contributed by atoms with Crippen LogP contribution in [0.25, 0.3) is 0 Å². The zero-order valence-electron chi connectivity index (χ0n) is 16.7. The number of nitrogens with one attached hydrogen (secondary N) is 1. The molecule has 0 bridgehead atoms. The summed E-state index contributed by atoms with van der Waals surface area (Å²) in [5, 5.41) is 29.7. The summed E-state index contributed by atoms with van der Waals surface area (Å²) in [6, 6.07) is 1.35. The van der Waals surface area contributed by atoms with Gasteiger partial charge in [0.25, 0.3) is 0 Å². The van der Waals surface area contributed by atoms with E-state index >= 15 is 0 Å². The molecule has 154 valence electrons. The van der Waals surface area contributed by atoms with E-state index in [9.17, 15) is 9.18 Å². The van der Waals surface area contributed by atoms with Gasteiger partial charge in [-0.3, -0.25) is 9.48 Å². The zero-order valence-corrected chi connectivity index (χ0v) is 16.7. The number of rotatable bonds is 6. The maximum absolute atomic E-state index is 13.6. The van der Waals surface area contributed by atoms with Crippen LogP contribution in [0.15, 0.2) is 6.20 Å². The first-order valence-electron chi connectivity index (χ1n) is 9.78. The smallest absolute Gasteiger partial charge is 0.237 e. The number of aliphatic hydroxyl groups is 1. The lowest BCUT2D eigenvalue weighted by atomic mass is 9.71. The Morgan fingerprint density at radius 2 is 2.25 bits per heavy atom. The fourth-order valence-corrected chi connectivity index (χ4v) is 4.51. The van der Waals surface area contributed by atoms with E-state index in [1.54, 1.807) is 10.9 Å². The van der Waals surface area contributed by atoms with Gasteiger partial charge < -0.3 is 15.3 Å². The Labute approximate surface area is 164 Å². The van der Waals surface area contributed by atoms with Gasteiger partial charge in [0.1, 0.15) is 17.9 Å². The van der Waals surface area contributed by atoms with Gasteiger partial charge >= 0.3 is 0 Å². The molecule has 1 aliphatic heterocycles. The molecule has 2 N–H and O–H groups in total. The van der Waals surface area contributed by atoms with E-state index < -0.39 is 12.2 Å². The standard InChI is InChI=1S/C19H29FN6O2/c1-18(2)13(9-25-11-15(12-27)23-24-25)4-5-19(18,3)22-8-17(28)26-10-14(20)6-16(26)7-21/h11,13-14,16,22,27H,4-6,8-10,12H2,1-3H3/t13-,14+,16+,19-/m1/s1. The molecule has 8 nitrogen and oxygen atoms in total. The summed E-state index contributed by atoms with van der Waals surface area (Å²) < 4.78 is 15.4. The summed E-state index contributed by atoms with van der Waals surface area (Å²) >= 11 is 0. The maximum atomic E-state index is 13.6. The molecule has 9 heteroatoms. The van der Waals surface area contributed by atoms with Crippen molar-refractivity contribution < 1.29 is 14.3 Å². The van der Waals surface area contributed by atoms with Crippen molar-refractivity contribution in [2.45, 2.75) is 70.9 Å². The Hall–Kier alpha value is -2.05. The highest BCUT2D eigenvalue weighted by Gasteiger charge is 2.51. The average molecular weight is 392 g/mol. The highest BCUT2D eigenvalue weighted by Crippen LogP contribution is 2.50. The van der Waals surface area contributed by atoms with Gasteiger partial charge in [0, 0.05) is 18.5 Å². The highest BCUT2D eigenvalue weighted by molar-refractivity contribution is 5.79. The van der Waals surface area contributed by atoms with E-state index in [-0.39, 0.29) is 43.0 Å². The maximum Gasteiger partial charge on any atom is 0.237 e. The first-order valence-corrected chi connectivity index (χ1v) is 9.78. The van der Waals surface area contributed by atoms with Crippen molar-refractivity contribution in [1.82, 2.24) is 25.2 Å². The number of aliphatic hydroxyl groups excluding tert-OH is 1. The van der Waals surface area contributed by atoms with Gasteiger partial charge in [-0.1, -0.05) is 19.1 Å².